The van der Waals surface area contributed by atoms with Gasteiger partial charge in [0.15, 0.2) is 0 Å². The molecule has 0 saturated carbocycles. The highest BCUT2D eigenvalue weighted by molar-refractivity contribution is 7.92. The lowest BCUT2D eigenvalue weighted by Gasteiger charge is -2.23. The average Bonchev–Trinajstić information content (AvgIpc) is 2.98. The molecule has 3 rings (SSSR count). The van der Waals surface area contributed by atoms with Gasteiger partial charge in [0.2, 0.25) is 0 Å². The van der Waals surface area contributed by atoms with Crippen LogP contribution in [0.25, 0.3) is 0 Å². The van der Waals surface area contributed by atoms with Crippen molar-refractivity contribution in [1.29, 1.82) is 0 Å². The lowest BCUT2D eigenvalue weighted by molar-refractivity contribution is 0.414. The van der Waals surface area contributed by atoms with Crippen molar-refractivity contribution in [3.8, 4) is 5.75 Å². The molecule has 3 aromatic rings. The first-order valence-corrected chi connectivity index (χ1v) is 9.43. The number of pyridine rings is 1. The molecule has 136 valence electrons. The van der Waals surface area contributed by atoms with Gasteiger partial charge in [-0.25, -0.2) is 8.42 Å². The number of nitrogens with zero attached hydrogens (tertiary/aromatic N) is 4. The minimum absolute atomic E-state index is 0.113. The molecule has 0 aliphatic rings. The summed E-state index contributed by atoms with van der Waals surface area (Å²) in [5.41, 5.74) is 1.79. The molecule has 2 heterocycles. The van der Waals surface area contributed by atoms with Gasteiger partial charge in [0.25, 0.3) is 10.0 Å². The molecule has 0 N–H and O–H groups in total. The van der Waals surface area contributed by atoms with E-state index in [1.54, 1.807) is 55.3 Å². The number of ether oxygens (including phenoxy) is 1. The molecule has 0 spiro atoms. The van der Waals surface area contributed by atoms with Crippen LogP contribution in [0.15, 0.2) is 59.8 Å². The number of anilines is 1. The van der Waals surface area contributed by atoms with Gasteiger partial charge in [0.05, 0.1) is 35.6 Å². The van der Waals surface area contributed by atoms with E-state index in [9.17, 15) is 8.42 Å². The summed E-state index contributed by atoms with van der Waals surface area (Å²) >= 11 is 0. The molecule has 0 amide bonds. The highest BCUT2D eigenvalue weighted by Crippen LogP contribution is 2.28. The first-order chi connectivity index (χ1) is 12.4. The van der Waals surface area contributed by atoms with E-state index >= 15 is 0 Å². The summed E-state index contributed by atoms with van der Waals surface area (Å²) in [5.74, 6) is 0.595. The summed E-state index contributed by atoms with van der Waals surface area (Å²) in [7, 11) is -0.505. The quantitative estimate of drug-likeness (QED) is 0.664. The molecule has 2 aromatic heterocycles. The summed E-state index contributed by atoms with van der Waals surface area (Å²) < 4.78 is 34.7. The number of aryl methyl sites for hydroxylation is 2. The van der Waals surface area contributed by atoms with Gasteiger partial charge in [0, 0.05) is 19.4 Å². The Morgan fingerprint density at radius 2 is 1.88 bits per heavy atom. The van der Waals surface area contributed by atoms with Crippen molar-refractivity contribution in [2.24, 2.45) is 7.05 Å². The number of benzene rings is 1. The highest BCUT2D eigenvalue weighted by Gasteiger charge is 2.28. The topological polar surface area (TPSA) is 77.3 Å². The van der Waals surface area contributed by atoms with E-state index in [4.69, 9.17) is 4.74 Å². The molecule has 0 radical (unpaired) electrons. The van der Waals surface area contributed by atoms with Crippen LogP contribution in [-0.4, -0.2) is 30.3 Å². The number of aromatic nitrogens is 3. The monoisotopic (exact) mass is 372 g/mol. The van der Waals surface area contributed by atoms with E-state index in [1.165, 1.54) is 23.5 Å². The normalized spacial score (nSPS) is 11.3. The Morgan fingerprint density at radius 1 is 1.15 bits per heavy atom. The van der Waals surface area contributed by atoms with E-state index in [1.807, 2.05) is 6.07 Å². The van der Waals surface area contributed by atoms with Gasteiger partial charge in [-0.3, -0.25) is 14.0 Å². The zero-order chi connectivity index (χ0) is 18.7. The maximum absolute atomic E-state index is 13.3. The summed E-state index contributed by atoms with van der Waals surface area (Å²) in [5, 5.41) is 4.28. The molecule has 26 heavy (non-hydrogen) atoms. The SMILES string of the molecule is COc1ccc(S(=O)(=O)N(Cc2ccccn2)c2cn(C)nc2C)cc1. The van der Waals surface area contributed by atoms with E-state index in [2.05, 4.69) is 10.1 Å². The smallest absolute Gasteiger partial charge is 0.264 e. The van der Waals surface area contributed by atoms with Crippen LogP contribution in [0, 0.1) is 6.92 Å². The Kier molecular flexibility index (Phi) is 4.94. The zero-order valence-electron chi connectivity index (χ0n) is 14.8. The second-order valence-electron chi connectivity index (χ2n) is 5.78. The molecule has 0 bridgehead atoms. The molecular weight excluding hydrogens is 352 g/mol. The van der Waals surface area contributed by atoms with Crippen molar-refractivity contribution >= 4 is 15.7 Å². The summed E-state index contributed by atoms with van der Waals surface area (Å²) in [4.78, 5) is 4.44. The largest absolute Gasteiger partial charge is 0.497 e. The maximum atomic E-state index is 13.3. The third-order valence-electron chi connectivity index (χ3n) is 3.94. The van der Waals surface area contributed by atoms with Crippen molar-refractivity contribution in [3.63, 3.8) is 0 Å². The van der Waals surface area contributed by atoms with Crippen LogP contribution in [0.2, 0.25) is 0 Å². The molecule has 1 aromatic carbocycles. The van der Waals surface area contributed by atoms with E-state index in [0.29, 0.717) is 22.8 Å². The highest BCUT2D eigenvalue weighted by atomic mass is 32.2. The number of sulfonamides is 1. The first-order valence-electron chi connectivity index (χ1n) is 7.99. The average molecular weight is 372 g/mol. The lowest BCUT2D eigenvalue weighted by atomic mass is 10.3. The van der Waals surface area contributed by atoms with Gasteiger partial charge in [0.1, 0.15) is 5.75 Å². The third-order valence-corrected chi connectivity index (χ3v) is 5.71. The molecular formula is C18H20N4O3S. The fraction of sp³-hybridized carbons (Fsp3) is 0.222. The van der Waals surface area contributed by atoms with Crippen LogP contribution < -0.4 is 9.04 Å². The molecule has 0 aliphatic carbocycles. The Balaban J connectivity index is 2.07. The van der Waals surface area contributed by atoms with E-state index in [0.717, 1.165) is 0 Å². The predicted molar refractivity (Wildman–Crippen MR) is 98.5 cm³/mol. The second-order valence-corrected chi connectivity index (χ2v) is 7.64. The first kappa shape index (κ1) is 17.9. The number of rotatable bonds is 6. The Labute approximate surface area is 152 Å². The van der Waals surface area contributed by atoms with Crippen LogP contribution in [0.1, 0.15) is 11.4 Å². The van der Waals surface area contributed by atoms with Gasteiger partial charge in [-0.05, 0) is 43.3 Å². The fourth-order valence-corrected chi connectivity index (χ4v) is 4.12. The summed E-state index contributed by atoms with van der Waals surface area (Å²) in [6.07, 6.45) is 3.34. The van der Waals surface area contributed by atoms with Gasteiger partial charge in [-0.2, -0.15) is 5.10 Å². The minimum atomic E-state index is -3.80. The van der Waals surface area contributed by atoms with Crippen LogP contribution in [0.3, 0.4) is 0 Å². The second kappa shape index (κ2) is 7.17. The van der Waals surface area contributed by atoms with Gasteiger partial charge in [-0.1, -0.05) is 6.07 Å². The predicted octanol–water partition coefficient (Wildman–Crippen LogP) is 2.53. The molecule has 0 unspecified atom stereocenters. The fourth-order valence-electron chi connectivity index (χ4n) is 2.65. The summed E-state index contributed by atoms with van der Waals surface area (Å²) in [6, 6.07) is 11.7. The minimum Gasteiger partial charge on any atom is -0.497 e. The lowest BCUT2D eigenvalue weighted by Crippen LogP contribution is -2.31. The van der Waals surface area contributed by atoms with Gasteiger partial charge in [-0.15, -0.1) is 0 Å². The van der Waals surface area contributed by atoms with E-state index < -0.39 is 10.0 Å². The molecule has 8 heteroatoms. The van der Waals surface area contributed by atoms with Crippen LogP contribution in [0.4, 0.5) is 5.69 Å². The van der Waals surface area contributed by atoms with E-state index in [-0.39, 0.29) is 11.4 Å². The van der Waals surface area contributed by atoms with Gasteiger partial charge >= 0.3 is 0 Å². The standard InChI is InChI=1S/C18H20N4O3S/c1-14-18(13-21(2)20-14)22(12-15-6-4-5-11-19-15)26(23,24)17-9-7-16(25-3)8-10-17/h4-11,13H,12H2,1-3H3. The maximum Gasteiger partial charge on any atom is 0.264 e. The molecule has 7 nitrogen and oxygen atoms in total. The molecule has 0 atom stereocenters. The Hall–Kier alpha value is -2.87. The Bertz CT molecular complexity index is 983. The number of methoxy groups -OCH3 is 1. The van der Waals surface area contributed by atoms with Crippen LogP contribution in [-0.2, 0) is 23.6 Å². The van der Waals surface area contributed by atoms with Crippen LogP contribution >= 0.6 is 0 Å². The van der Waals surface area contributed by atoms with Crippen molar-refractivity contribution in [2.45, 2.75) is 18.4 Å². The molecule has 0 aliphatic heterocycles. The van der Waals surface area contributed by atoms with Crippen molar-refractivity contribution < 1.29 is 13.2 Å². The third kappa shape index (κ3) is 3.55. The number of hydrogen-bond donors (Lipinski definition) is 0. The zero-order valence-corrected chi connectivity index (χ0v) is 15.6. The van der Waals surface area contributed by atoms with Crippen molar-refractivity contribution in [2.75, 3.05) is 11.4 Å². The van der Waals surface area contributed by atoms with Crippen molar-refractivity contribution in [1.82, 2.24) is 14.8 Å². The molecule has 0 saturated heterocycles. The van der Waals surface area contributed by atoms with Crippen molar-refractivity contribution in [3.05, 3.63) is 66.2 Å². The molecule has 0 fully saturated rings. The number of hydrogen-bond acceptors (Lipinski definition) is 5. The van der Waals surface area contributed by atoms with Crippen LogP contribution in [0.5, 0.6) is 5.75 Å². The summed E-state index contributed by atoms with van der Waals surface area (Å²) in [6.45, 7) is 1.89. The van der Waals surface area contributed by atoms with Gasteiger partial charge < -0.3 is 4.74 Å². The Morgan fingerprint density at radius 3 is 2.42 bits per heavy atom.